The van der Waals surface area contributed by atoms with Crippen molar-refractivity contribution in [2.24, 2.45) is 21.5 Å². The van der Waals surface area contributed by atoms with Crippen molar-refractivity contribution in [1.82, 2.24) is 0 Å². The summed E-state index contributed by atoms with van der Waals surface area (Å²) in [6.07, 6.45) is 12.2. The molecule has 0 aliphatic heterocycles. The van der Waals surface area contributed by atoms with Crippen LogP contribution in [0.25, 0.3) is 0 Å². The SMILES string of the molecule is COC1=CC(N)(N=C=O)C=C/C1=C1\C=CC(N)(N=C=O)C=C1OC. The Hall–Kier alpha value is -3.02. The Morgan fingerprint density at radius 3 is 1.54 bits per heavy atom. The lowest BCUT2D eigenvalue weighted by atomic mass is 9.91. The zero-order valence-corrected chi connectivity index (χ0v) is 13.1. The van der Waals surface area contributed by atoms with Crippen LogP contribution in [-0.2, 0) is 19.1 Å². The minimum atomic E-state index is -1.33. The van der Waals surface area contributed by atoms with Gasteiger partial charge in [0.2, 0.25) is 12.2 Å². The number of aliphatic imine (C=N–C) groups is 2. The van der Waals surface area contributed by atoms with E-state index in [-0.39, 0.29) is 0 Å². The Kier molecular flexibility index (Phi) is 4.78. The largest absolute Gasteiger partial charge is 0.496 e. The van der Waals surface area contributed by atoms with Crippen molar-refractivity contribution in [3.8, 4) is 0 Å². The minimum absolute atomic E-state index is 0.394. The molecule has 24 heavy (non-hydrogen) atoms. The normalized spacial score (nSPS) is 31.3. The molecular weight excluding hydrogens is 312 g/mol. The number of carbonyl (C=O) groups excluding carboxylic acids is 2. The van der Waals surface area contributed by atoms with Crippen molar-refractivity contribution in [1.29, 1.82) is 0 Å². The quantitative estimate of drug-likeness (QED) is 0.570. The highest BCUT2D eigenvalue weighted by molar-refractivity contribution is 5.59. The number of hydrogen-bond donors (Lipinski definition) is 2. The number of rotatable bonds is 4. The van der Waals surface area contributed by atoms with Crippen LogP contribution in [0.15, 0.2) is 69.1 Å². The standard InChI is InChI=1S/C16H16N4O4/c1-23-13-7-15(17,19-9-21)5-3-11(13)12-4-6-16(18,20-10-22)8-14(12)24-2/h3-8H,17-18H2,1-2H3/b12-11-. The molecule has 2 aliphatic rings. The molecule has 2 rings (SSSR count). The van der Waals surface area contributed by atoms with Crippen LogP contribution >= 0.6 is 0 Å². The van der Waals surface area contributed by atoms with Crippen LogP contribution in [-0.4, -0.2) is 37.7 Å². The molecule has 2 unspecified atom stereocenters. The van der Waals surface area contributed by atoms with Gasteiger partial charge in [-0.3, -0.25) is 11.5 Å². The van der Waals surface area contributed by atoms with Gasteiger partial charge in [0.05, 0.1) is 14.2 Å². The average Bonchev–Trinajstić information content (AvgIpc) is 2.55. The molecule has 124 valence electrons. The fourth-order valence-electron chi connectivity index (χ4n) is 2.35. The second-order valence-corrected chi connectivity index (χ2v) is 5.10. The molecule has 0 heterocycles. The lowest BCUT2D eigenvalue weighted by molar-refractivity contribution is 0.286. The molecule has 8 nitrogen and oxygen atoms in total. The summed E-state index contributed by atoms with van der Waals surface area (Å²) >= 11 is 0. The maximum Gasteiger partial charge on any atom is 0.237 e. The third kappa shape index (κ3) is 3.32. The van der Waals surface area contributed by atoms with Gasteiger partial charge in [-0.15, -0.1) is 0 Å². The number of hydrogen-bond acceptors (Lipinski definition) is 8. The van der Waals surface area contributed by atoms with Gasteiger partial charge < -0.3 is 9.47 Å². The lowest BCUT2D eigenvalue weighted by Gasteiger charge is -2.26. The Morgan fingerprint density at radius 1 is 0.875 bits per heavy atom. The molecule has 0 aromatic rings. The molecule has 4 N–H and O–H groups in total. The monoisotopic (exact) mass is 328 g/mol. The van der Waals surface area contributed by atoms with E-state index in [9.17, 15) is 9.59 Å². The topological polar surface area (TPSA) is 129 Å². The van der Waals surface area contributed by atoms with Crippen LogP contribution in [0.4, 0.5) is 0 Å². The summed E-state index contributed by atoms with van der Waals surface area (Å²) in [4.78, 5) is 28.1. The molecule has 0 amide bonds. The van der Waals surface area contributed by atoms with Crippen molar-refractivity contribution < 1.29 is 19.1 Å². The Morgan fingerprint density at radius 2 is 1.25 bits per heavy atom. The first-order chi connectivity index (χ1) is 11.4. The van der Waals surface area contributed by atoms with Crippen molar-refractivity contribution in [3.63, 3.8) is 0 Å². The van der Waals surface area contributed by atoms with Crippen molar-refractivity contribution in [2.45, 2.75) is 11.3 Å². The third-order valence-electron chi connectivity index (χ3n) is 3.50. The summed E-state index contributed by atoms with van der Waals surface area (Å²) in [7, 11) is 2.92. The highest BCUT2D eigenvalue weighted by atomic mass is 16.5. The molecule has 0 bridgehead atoms. The van der Waals surface area contributed by atoms with Gasteiger partial charge in [-0.05, 0) is 12.2 Å². The number of methoxy groups -OCH3 is 2. The van der Waals surface area contributed by atoms with E-state index in [1.54, 1.807) is 12.2 Å². The summed E-state index contributed by atoms with van der Waals surface area (Å²) in [5, 5.41) is 0. The highest BCUT2D eigenvalue weighted by Crippen LogP contribution is 2.33. The molecule has 0 fully saturated rings. The zero-order chi connectivity index (χ0) is 17.8. The van der Waals surface area contributed by atoms with Crippen LogP contribution < -0.4 is 11.5 Å². The fourth-order valence-corrected chi connectivity index (χ4v) is 2.35. The van der Waals surface area contributed by atoms with E-state index in [0.29, 0.717) is 22.7 Å². The van der Waals surface area contributed by atoms with E-state index < -0.39 is 11.3 Å². The first kappa shape index (κ1) is 17.3. The molecular formula is C16H16N4O4. The molecule has 0 aromatic carbocycles. The third-order valence-corrected chi connectivity index (χ3v) is 3.50. The average molecular weight is 328 g/mol. The Labute approximate surface area is 138 Å². The predicted molar refractivity (Wildman–Crippen MR) is 85.6 cm³/mol. The van der Waals surface area contributed by atoms with Crippen LogP contribution in [0, 0.1) is 0 Å². The van der Waals surface area contributed by atoms with Crippen molar-refractivity contribution in [2.75, 3.05) is 14.2 Å². The Balaban J connectivity index is 2.57. The van der Waals surface area contributed by atoms with Crippen LogP contribution in [0.2, 0.25) is 0 Å². The van der Waals surface area contributed by atoms with Gasteiger partial charge >= 0.3 is 0 Å². The summed E-state index contributed by atoms with van der Waals surface area (Å²) in [6, 6.07) is 0. The fraction of sp³-hybridized carbons (Fsp3) is 0.250. The lowest BCUT2D eigenvalue weighted by Crippen LogP contribution is -2.36. The number of nitrogens with zero attached hydrogens (tertiary/aromatic N) is 2. The van der Waals surface area contributed by atoms with Gasteiger partial charge in [0.25, 0.3) is 0 Å². The first-order valence-electron chi connectivity index (χ1n) is 6.83. The van der Waals surface area contributed by atoms with E-state index in [1.165, 1.54) is 50.7 Å². The molecule has 0 aromatic heterocycles. The Bertz CT molecular complexity index is 729. The van der Waals surface area contributed by atoms with Crippen LogP contribution in [0.1, 0.15) is 0 Å². The summed E-state index contributed by atoms with van der Waals surface area (Å²) in [5.41, 5.74) is 10.5. The maximum atomic E-state index is 10.5. The highest BCUT2D eigenvalue weighted by Gasteiger charge is 2.30. The number of isocyanates is 2. The predicted octanol–water partition coefficient (Wildman–Crippen LogP) is 0.465. The van der Waals surface area contributed by atoms with Gasteiger partial charge in [0.1, 0.15) is 11.5 Å². The first-order valence-corrected chi connectivity index (χ1v) is 6.83. The smallest absolute Gasteiger partial charge is 0.237 e. The minimum Gasteiger partial charge on any atom is -0.496 e. The molecule has 0 radical (unpaired) electrons. The van der Waals surface area contributed by atoms with Gasteiger partial charge in [-0.25, -0.2) is 9.59 Å². The summed E-state index contributed by atoms with van der Waals surface area (Å²) in [6.45, 7) is 0. The summed E-state index contributed by atoms with van der Waals surface area (Å²) in [5.74, 6) is 0.787. The molecule has 0 saturated heterocycles. The second kappa shape index (κ2) is 6.62. The van der Waals surface area contributed by atoms with Gasteiger partial charge in [0, 0.05) is 23.3 Å². The van der Waals surface area contributed by atoms with Gasteiger partial charge in [0.15, 0.2) is 11.3 Å². The zero-order valence-electron chi connectivity index (χ0n) is 13.1. The van der Waals surface area contributed by atoms with Crippen molar-refractivity contribution in [3.05, 3.63) is 59.1 Å². The molecule has 8 heteroatoms. The maximum absolute atomic E-state index is 10.5. The second-order valence-electron chi connectivity index (χ2n) is 5.10. The van der Waals surface area contributed by atoms with E-state index in [0.717, 1.165) is 0 Å². The van der Waals surface area contributed by atoms with Crippen LogP contribution in [0.3, 0.4) is 0 Å². The number of nitrogens with two attached hydrogens (primary N) is 2. The van der Waals surface area contributed by atoms with E-state index in [1.807, 2.05) is 0 Å². The number of allylic oxidation sites excluding steroid dienone is 2. The van der Waals surface area contributed by atoms with E-state index in [4.69, 9.17) is 20.9 Å². The summed E-state index contributed by atoms with van der Waals surface area (Å²) < 4.78 is 10.7. The van der Waals surface area contributed by atoms with Gasteiger partial charge in [-0.1, -0.05) is 12.2 Å². The molecule has 2 aliphatic carbocycles. The van der Waals surface area contributed by atoms with E-state index >= 15 is 0 Å². The van der Waals surface area contributed by atoms with E-state index in [2.05, 4.69) is 9.98 Å². The molecule has 0 spiro atoms. The molecule has 0 saturated carbocycles. The number of ether oxygens (including phenoxy) is 2. The van der Waals surface area contributed by atoms with Crippen LogP contribution in [0.5, 0.6) is 0 Å². The van der Waals surface area contributed by atoms with Crippen molar-refractivity contribution >= 4 is 12.2 Å². The molecule has 2 atom stereocenters. The van der Waals surface area contributed by atoms with Gasteiger partial charge in [-0.2, -0.15) is 9.98 Å².